The number of hydrogen-bond acceptors (Lipinski definition) is 7. The molecule has 0 aromatic carbocycles. The number of imidazole rings is 1. The van der Waals surface area contributed by atoms with Gasteiger partial charge < -0.3 is 19.1 Å². The second-order valence-electron chi connectivity index (χ2n) is 7.59. The molecule has 2 aliphatic rings. The molecule has 5 rings (SSSR count). The monoisotopic (exact) mass is 382 g/mol. The highest BCUT2D eigenvalue weighted by Gasteiger charge is 2.43. The zero-order chi connectivity index (χ0) is 19.4. The fourth-order valence-corrected chi connectivity index (χ4v) is 4.43. The van der Waals surface area contributed by atoms with Gasteiger partial charge in [-0.1, -0.05) is 0 Å². The lowest BCUT2D eigenvalue weighted by Gasteiger charge is -2.22. The average Bonchev–Trinajstić information content (AvgIpc) is 3.43. The molecule has 2 aliphatic heterocycles. The number of carbonyl (C=O) groups excluding carboxylic acids is 1. The van der Waals surface area contributed by atoms with Gasteiger partial charge in [-0.3, -0.25) is 9.48 Å². The summed E-state index contributed by atoms with van der Waals surface area (Å²) in [5, 5.41) is 4.19. The molecule has 1 amide bonds. The highest BCUT2D eigenvalue weighted by atomic mass is 16.5. The molecule has 10 heteroatoms. The Bertz CT molecular complexity index is 1040. The first kappa shape index (κ1) is 17.0. The number of ether oxygens (including phenoxy) is 1. The van der Waals surface area contributed by atoms with Crippen LogP contribution < -0.4 is 9.64 Å². The van der Waals surface area contributed by atoms with Crippen LogP contribution in [0.3, 0.4) is 0 Å². The fraction of sp³-hybridized carbons (Fsp3) is 0.500. The Hall–Kier alpha value is -3.17. The maximum atomic E-state index is 12.9. The predicted molar refractivity (Wildman–Crippen MR) is 101 cm³/mol. The number of carbonyl (C=O) groups is 1. The topological polar surface area (TPSA) is 94.2 Å². The summed E-state index contributed by atoms with van der Waals surface area (Å²) >= 11 is 0. The molecular formula is C18H22N8O2. The van der Waals surface area contributed by atoms with Crippen molar-refractivity contribution in [2.45, 2.75) is 0 Å². The van der Waals surface area contributed by atoms with Gasteiger partial charge in [0, 0.05) is 58.3 Å². The maximum Gasteiger partial charge on any atom is 0.260 e. The van der Waals surface area contributed by atoms with E-state index in [-0.39, 0.29) is 5.91 Å². The lowest BCUT2D eigenvalue weighted by atomic mass is 10.0. The third kappa shape index (κ3) is 2.51. The van der Waals surface area contributed by atoms with Crippen LogP contribution in [0.4, 0.5) is 5.82 Å². The van der Waals surface area contributed by atoms with Crippen molar-refractivity contribution in [1.29, 1.82) is 0 Å². The summed E-state index contributed by atoms with van der Waals surface area (Å²) in [6.45, 7) is 3.19. The maximum absolute atomic E-state index is 12.9. The Kier molecular flexibility index (Phi) is 3.74. The highest BCUT2D eigenvalue weighted by Crippen LogP contribution is 2.36. The number of nitrogens with zero attached hydrogens (tertiary/aromatic N) is 8. The molecule has 0 N–H and O–H groups in total. The van der Waals surface area contributed by atoms with Crippen LogP contribution in [-0.2, 0) is 14.1 Å². The molecule has 0 bridgehead atoms. The number of likely N-dealkylation sites (tertiary alicyclic amines) is 1. The molecule has 2 saturated heterocycles. The average molecular weight is 382 g/mol. The zero-order valence-corrected chi connectivity index (χ0v) is 16.1. The van der Waals surface area contributed by atoms with Crippen LogP contribution in [0, 0.1) is 11.8 Å². The van der Waals surface area contributed by atoms with Crippen molar-refractivity contribution < 1.29 is 9.53 Å². The van der Waals surface area contributed by atoms with Crippen molar-refractivity contribution in [2.24, 2.45) is 25.9 Å². The van der Waals surface area contributed by atoms with Crippen LogP contribution in [0.15, 0.2) is 18.9 Å². The van der Waals surface area contributed by atoms with Crippen molar-refractivity contribution in [3.8, 4) is 5.88 Å². The summed E-state index contributed by atoms with van der Waals surface area (Å²) in [5.41, 5.74) is 2.19. The van der Waals surface area contributed by atoms with E-state index in [1.54, 1.807) is 30.6 Å². The molecule has 0 spiro atoms. The molecule has 146 valence electrons. The summed E-state index contributed by atoms with van der Waals surface area (Å²) in [6, 6.07) is 0. The van der Waals surface area contributed by atoms with Gasteiger partial charge in [0.05, 0.1) is 13.4 Å². The van der Waals surface area contributed by atoms with E-state index in [2.05, 4.69) is 25.0 Å². The molecule has 2 fully saturated rings. The molecule has 28 heavy (non-hydrogen) atoms. The summed E-state index contributed by atoms with van der Waals surface area (Å²) < 4.78 is 8.76. The Labute approximate surface area is 161 Å². The van der Waals surface area contributed by atoms with Gasteiger partial charge in [0.25, 0.3) is 5.91 Å². The van der Waals surface area contributed by atoms with Gasteiger partial charge in [0.2, 0.25) is 5.88 Å². The minimum atomic E-state index is -0.0138. The minimum Gasteiger partial charge on any atom is -0.479 e. The van der Waals surface area contributed by atoms with Gasteiger partial charge in [-0.05, 0) is 0 Å². The number of rotatable bonds is 3. The van der Waals surface area contributed by atoms with E-state index < -0.39 is 0 Å². The van der Waals surface area contributed by atoms with E-state index in [0.717, 1.165) is 43.2 Å². The second-order valence-corrected chi connectivity index (χ2v) is 7.59. The molecule has 3 aromatic heterocycles. The normalized spacial score (nSPS) is 21.5. The van der Waals surface area contributed by atoms with Gasteiger partial charge in [-0.25, -0.2) is 15.0 Å². The second kappa shape index (κ2) is 6.18. The smallest absolute Gasteiger partial charge is 0.260 e. The number of methoxy groups -OCH3 is 1. The standard InChI is InChI=1S/C18H22N8O2/c1-23-10-21-14-15(23)19-9-20-16(14)25-4-11-6-26(7-12(11)5-25)18(27)13-8-24(2)22-17(13)28-3/h8-12H,4-7H2,1-3H3. The van der Waals surface area contributed by atoms with Gasteiger partial charge in [-0.15, -0.1) is 5.10 Å². The van der Waals surface area contributed by atoms with E-state index in [1.165, 1.54) is 7.11 Å². The Morgan fingerprint density at radius 3 is 2.57 bits per heavy atom. The number of aromatic nitrogens is 6. The van der Waals surface area contributed by atoms with Crippen LogP contribution in [0.1, 0.15) is 10.4 Å². The Morgan fingerprint density at radius 2 is 1.86 bits per heavy atom. The van der Waals surface area contributed by atoms with E-state index in [9.17, 15) is 4.79 Å². The number of aryl methyl sites for hydroxylation is 2. The lowest BCUT2D eigenvalue weighted by Crippen LogP contribution is -2.33. The summed E-state index contributed by atoms with van der Waals surface area (Å²) in [7, 11) is 5.26. The lowest BCUT2D eigenvalue weighted by molar-refractivity contribution is 0.0779. The van der Waals surface area contributed by atoms with E-state index in [1.807, 2.05) is 16.5 Å². The molecule has 0 radical (unpaired) electrons. The highest BCUT2D eigenvalue weighted by molar-refractivity contribution is 5.96. The van der Waals surface area contributed by atoms with Crippen molar-refractivity contribution in [3.05, 3.63) is 24.4 Å². The van der Waals surface area contributed by atoms with Gasteiger partial charge >= 0.3 is 0 Å². The largest absolute Gasteiger partial charge is 0.479 e. The predicted octanol–water partition coefficient (Wildman–Crippen LogP) is 0.314. The SMILES string of the molecule is COc1nn(C)cc1C(=O)N1CC2CN(c3ncnc4c3ncn4C)CC2C1. The first-order valence-corrected chi connectivity index (χ1v) is 9.29. The zero-order valence-electron chi connectivity index (χ0n) is 16.1. The molecule has 0 saturated carbocycles. The van der Waals surface area contributed by atoms with Crippen molar-refractivity contribution in [2.75, 3.05) is 38.2 Å². The third-order valence-corrected chi connectivity index (χ3v) is 5.77. The third-order valence-electron chi connectivity index (χ3n) is 5.77. The Morgan fingerprint density at radius 1 is 1.11 bits per heavy atom. The first-order chi connectivity index (χ1) is 13.5. The molecule has 0 aliphatic carbocycles. The quantitative estimate of drug-likeness (QED) is 0.644. The van der Waals surface area contributed by atoms with Crippen molar-refractivity contribution >= 4 is 22.9 Å². The summed E-state index contributed by atoms with van der Waals surface area (Å²) in [5.74, 6) is 2.08. The van der Waals surface area contributed by atoms with Crippen LogP contribution in [0.2, 0.25) is 0 Å². The molecule has 10 nitrogen and oxygen atoms in total. The number of amides is 1. The molecule has 3 aromatic rings. The fourth-order valence-electron chi connectivity index (χ4n) is 4.43. The van der Waals surface area contributed by atoms with Crippen molar-refractivity contribution in [1.82, 2.24) is 34.2 Å². The van der Waals surface area contributed by atoms with E-state index in [0.29, 0.717) is 23.3 Å². The molecule has 2 atom stereocenters. The van der Waals surface area contributed by atoms with Gasteiger partial charge in [-0.2, -0.15) is 0 Å². The van der Waals surface area contributed by atoms with Crippen LogP contribution in [0.25, 0.3) is 11.2 Å². The van der Waals surface area contributed by atoms with Gasteiger partial charge in [0.15, 0.2) is 17.0 Å². The van der Waals surface area contributed by atoms with E-state index in [4.69, 9.17) is 4.74 Å². The van der Waals surface area contributed by atoms with Crippen LogP contribution in [0.5, 0.6) is 5.88 Å². The van der Waals surface area contributed by atoms with Crippen LogP contribution >= 0.6 is 0 Å². The number of hydrogen-bond donors (Lipinski definition) is 0. The summed E-state index contributed by atoms with van der Waals surface area (Å²) in [6.07, 6.45) is 5.08. The number of anilines is 1. The molecule has 2 unspecified atom stereocenters. The van der Waals surface area contributed by atoms with E-state index >= 15 is 0 Å². The van der Waals surface area contributed by atoms with Crippen molar-refractivity contribution in [3.63, 3.8) is 0 Å². The van der Waals surface area contributed by atoms with Gasteiger partial charge in [0.1, 0.15) is 11.9 Å². The molecular weight excluding hydrogens is 360 g/mol. The minimum absolute atomic E-state index is 0.0138. The summed E-state index contributed by atoms with van der Waals surface area (Å²) in [4.78, 5) is 30.4. The van der Waals surface area contributed by atoms with Crippen LogP contribution in [-0.4, -0.2) is 73.4 Å². The first-order valence-electron chi connectivity index (χ1n) is 9.29. The Balaban J connectivity index is 1.33. The molecule has 5 heterocycles. The number of fused-ring (bicyclic) bond motifs is 2.